The summed E-state index contributed by atoms with van der Waals surface area (Å²) in [4.78, 5) is 27.6. The minimum atomic E-state index is -0.773. The first-order valence-corrected chi connectivity index (χ1v) is 10.1. The summed E-state index contributed by atoms with van der Waals surface area (Å²) >= 11 is 6.22. The van der Waals surface area contributed by atoms with Crippen LogP contribution in [0, 0.1) is 6.92 Å². The molecule has 0 spiro atoms. The number of carbonyl (C=O) groups excluding carboxylic acids is 2. The number of aliphatic hydroxyl groups is 1. The van der Waals surface area contributed by atoms with Gasteiger partial charge in [-0.05, 0) is 42.8 Å². The number of amides is 1. The van der Waals surface area contributed by atoms with Crippen LogP contribution in [-0.2, 0) is 9.59 Å². The summed E-state index contributed by atoms with van der Waals surface area (Å²) in [6.07, 6.45) is 0. The minimum absolute atomic E-state index is 0.0120. The fourth-order valence-electron chi connectivity index (χ4n) is 3.72. The summed E-state index contributed by atoms with van der Waals surface area (Å²) in [5.74, 6) is -1.29. The van der Waals surface area contributed by atoms with Crippen molar-refractivity contribution in [1.82, 2.24) is 0 Å². The summed E-state index contributed by atoms with van der Waals surface area (Å²) < 4.78 is 5.16. The van der Waals surface area contributed by atoms with E-state index in [1.54, 1.807) is 24.3 Å². The van der Waals surface area contributed by atoms with E-state index in [1.807, 2.05) is 49.4 Å². The number of anilines is 1. The van der Waals surface area contributed by atoms with Crippen molar-refractivity contribution in [2.24, 2.45) is 0 Å². The van der Waals surface area contributed by atoms with Crippen LogP contribution in [0.3, 0.4) is 0 Å². The Labute approximate surface area is 185 Å². The van der Waals surface area contributed by atoms with E-state index in [-0.39, 0.29) is 16.4 Å². The van der Waals surface area contributed by atoms with Crippen LogP contribution in [-0.4, -0.2) is 23.9 Å². The maximum absolute atomic E-state index is 13.1. The molecule has 3 aromatic carbocycles. The molecule has 1 fully saturated rings. The number of aliphatic hydroxyl groups excluding tert-OH is 1. The van der Waals surface area contributed by atoms with E-state index >= 15 is 0 Å². The van der Waals surface area contributed by atoms with E-state index in [0.717, 1.165) is 5.56 Å². The average Bonchev–Trinajstić information content (AvgIpc) is 3.05. The molecule has 0 aliphatic carbocycles. The predicted molar refractivity (Wildman–Crippen MR) is 120 cm³/mol. The second-order valence-corrected chi connectivity index (χ2v) is 7.67. The summed E-state index contributed by atoms with van der Waals surface area (Å²) in [7, 11) is 1.49. The van der Waals surface area contributed by atoms with Gasteiger partial charge in [0, 0.05) is 11.3 Å². The van der Waals surface area contributed by atoms with Crippen molar-refractivity contribution in [1.29, 1.82) is 0 Å². The lowest BCUT2D eigenvalue weighted by Gasteiger charge is -2.25. The number of hydrogen-bond acceptors (Lipinski definition) is 4. The molecule has 156 valence electrons. The first kappa shape index (κ1) is 20.7. The highest BCUT2D eigenvalue weighted by Crippen LogP contribution is 2.42. The lowest BCUT2D eigenvalue weighted by Crippen LogP contribution is -2.29. The molecule has 0 aromatic heterocycles. The molecule has 1 atom stereocenters. The van der Waals surface area contributed by atoms with E-state index < -0.39 is 17.7 Å². The summed E-state index contributed by atoms with van der Waals surface area (Å²) in [5, 5.41) is 11.4. The predicted octanol–water partition coefficient (Wildman–Crippen LogP) is 5.28. The molecule has 5 nitrogen and oxygen atoms in total. The zero-order valence-corrected chi connectivity index (χ0v) is 17.8. The van der Waals surface area contributed by atoms with Gasteiger partial charge in [0.25, 0.3) is 11.7 Å². The van der Waals surface area contributed by atoms with Crippen LogP contribution in [0.1, 0.15) is 22.7 Å². The SMILES string of the molecule is COc1ccc(/C(O)=C2/C(=O)C(=O)N(c3ccc(C)cc3)C2c2ccccc2)cc1Cl. The van der Waals surface area contributed by atoms with Crippen LogP contribution in [0.25, 0.3) is 5.76 Å². The van der Waals surface area contributed by atoms with Crippen LogP contribution in [0.15, 0.2) is 78.4 Å². The molecule has 1 aliphatic rings. The molecular weight excluding hydrogens is 414 g/mol. The van der Waals surface area contributed by atoms with E-state index in [9.17, 15) is 14.7 Å². The Balaban J connectivity index is 1.92. The van der Waals surface area contributed by atoms with Crippen LogP contribution in [0.4, 0.5) is 5.69 Å². The Kier molecular flexibility index (Phi) is 5.53. The van der Waals surface area contributed by atoms with Gasteiger partial charge in [0.2, 0.25) is 0 Å². The van der Waals surface area contributed by atoms with Crippen molar-refractivity contribution < 1.29 is 19.4 Å². The molecule has 1 unspecified atom stereocenters. The minimum Gasteiger partial charge on any atom is -0.507 e. The van der Waals surface area contributed by atoms with Crippen LogP contribution in [0.2, 0.25) is 5.02 Å². The van der Waals surface area contributed by atoms with E-state index in [4.69, 9.17) is 16.3 Å². The zero-order valence-electron chi connectivity index (χ0n) is 17.0. The van der Waals surface area contributed by atoms with E-state index in [2.05, 4.69) is 0 Å². The molecule has 1 saturated heterocycles. The van der Waals surface area contributed by atoms with Gasteiger partial charge in [-0.25, -0.2) is 0 Å². The Morgan fingerprint density at radius 3 is 2.29 bits per heavy atom. The lowest BCUT2D eigenvalue weighted by molar-refractivity contribution is -0.132. The highest BCUT2D eigenvalue weighted by Gasteiger charge is 2.46. The molecule has 1 aliphatic heterocycles. The number of benzene rings is 3. The number of rotatable bonds is 4. The highest BCUT2D eigenvalue weighted by molar-refractivity contribution is 6.51. The molecule has 3 aromatic rings. The first-order valence-electron chi connectivity index (χ1n) is 9.69. The number of ether oxygens (including phenoxy) is 1. The van der Waals surface area contributed by atoms with E-state index in [1.165, 1.54) is 18.1 Å². The second kappa shape index (κ2) is 8.28. The van der Waals surface area contributed by atoms with Gasteiger partial charge in [0.05, 0.1) is 23.7 Å². The summed E-state index contributed by atoms with van der Waals surface area (Å²) in [6.45, 7) is 1.94. The standard InChI is InChI=1S/C25H20ClNO4/c1-15-8-11-18(12-9-15)27-22(16-6-4-3-5-7-16)21(24(29)25(27)30)23(28)17-10-13-20(31-2)19(26)14-17/h3-14,22,28H,1-2H3/b23-21-. The van der Waals surface area contributed by atoms with Crippen molar-refractivity contribution in [2.75, 3.05) is 12.0 Å². The van der Waals surface area contributed by atoms with Crippen LogP contribution >= 0.6 is 11.6 Å². The quantitative estimate of drug-likeness (QED) is 0.345. The lowest BCUT2D eigenvalue weighted by atomic mass is 9.95. The van der Waals surface area contributed by atoms with Crippen molar-refractivity contribution >= 4 is 34.7 Å². The third-order valence-corrected chi connectivity index (χ3v) is 5.59. The molecule has 1 N–H and O–H groups in total. The average molecular weight is 434 g/mol. The first-order chi connectivity index (χ1) is 14.9. The highest BCUT2D eigenvalue weighted by atomic mass is 35.5. The van der Waals surface area contributed by atoms with Crippen molar-refractivity contribution in [3.8, 4) is 5.75 Å². The number of hydrogen-bond donors (Lipinski definition) is 1. The van der Waals surface area contributed by atoms with Crippen LogP contribution < -0.4 is 9.64 Å². The summed E-state index contributed by atoms with van der Waals surface area (Å²) in [5.41, 5.74) is 2.66. The monoisotopic (exact) mass is 433 g/mol. The molecule has 1 heterocycles. The van der Waals surface area contributed by atoms with Crippen molar-refractivity contribution in [2.45, 2.75) is 13.0 Å². The third kappa shape index (κ3) is 3.68. The maximum Gasteiger partial charge on any atom is 0.300 e. The van der Waals surface area contributed by atoms with E-state index in [0.29, 0.717) is 22.6 Å². The molecule has 1 amide bonds. The Morgan fingerprint density at radius 1 is 1.00 bits per heavy atom. The van der Waals surface area contributed by atoms with Gasteiger partial charge in [-0.2, -0.15) is 0 Å². The molecule has 0 bridgehead atoms. The Morgan fingerprint density at radius 2 is 1.68 bits per heavy atom. The Hall–Kier alpha value is -3.57. The van der Waals surface area contributed by atoms with Gasteiger partial charge >= 0.3 is 0 Å². The normalized spacial score (nSPS) is 17.8. The third-order valence-electron chi connectivity index (χ3n) is 5.30. The van der Waals surface area contributed by atoms with Gasteiger partial charge < -0.3 is 9.84 Å². The number of carbonyl (C=O) groups is 2. The fraction of sp³-hybridized carbons (Fsp3) is 0.120. The fourth-order valence-corrected chi connectivity index (χ4v) is 3.98. The van der Waals surface area contributed by atoms with Gasteiger partial charge in [-0.1, -0.05) is 59.6 Å². The number of aryl methyl sites for hydroxylation is 1. The number of nitrogens with zero attached hydrogens (tertiary/aromatic N) is 1. The maximum atomic E-state index is 13.1. The smallest absolute Gasteiger partial charge is 0.300 e. The molecule has 31 heavy (non-hydrogen) atoms. The van der Waals surface area contributed by atoms with Crippen molar-refractivity contribution in [3.63, 3.8) is 0 Å². The molecular formula is C25H20ClNO4. The molecule has 0 saturated carbocycles. The second-order valence-electron chi connectivity index (χ2n) is 7.26. The van der Waals surface area contributed by atoms with Gasteiger partial charge in [-0.15, -0.1) is 0 Å². The van der Waals surface area contributed by atoms with Crippen molar-refractivity contribution in [3.05, 3.63) is 100 Å². The van der Waals surface area contributed by atoms with Crippen LogP contribution in [0.5, 0.6) is 5.75 Å². The largest absolute Gasteiger partial charge is 0.507 e. The topological polar surface area (TPSA) is 66.8 Å². The Bertz CT molecular complexity index is 1190. The van der Waals surface area contributed by atoms with Gasteiger partial charge in [-0.3, -0.25) is 14.5 Å². The summed E-state index contributed by atoms with van der Waals surface area (Å²) in [6, 6.07) is 20.4. The molecule has 6 heteroatoms. The number of methoxy groups -OCH3 is 1. The number of ketones is 1. The van der Waals surface area contributed by atoms with Gasteiger partial charge in [0.15, 0.2) is 0 Å². The molecule has 0 radical (unpaired) electrons. The number of halogens is 1. The zero-order chi connectivity index (χ0) is 22.1. The molecule has 4 rings (SSSR count). The van der Waals surface area contributed by atoms with Gasteiger partial charge in [0.1, 0.15) is 11.5 Å². The number of Topliss-reactive ketones (excluding diaryl/α,β-unsaturated/α-hetero) is 1.